The molecule has 0 aliphatic heterocycles. The van der Waals surface area contributed by atoms with Crippen LogP contribution in [-0.4, -0.2) is 11.4 Å². The molecule has 0 spiro atoms. The first-order valence-electron chi connectivity index (χ1n) is 9.63. The Balaban J connectivity index is 1.55. The molecule has 5 rings (SSSR count). The third-order valence-corrected chi connectivity index (χ3v) is 6.84. The molecular formula is C22H31NO. The smallest absolute Gasteiger partial charge is 0.251 e. The van der Waals surface area contributed by atoms with Crippen molar-refractivity contribution in [2.75, 3.05) is 0 Å². The van der Waals surface area contributed by atoms with Gasteiger partial charge in [-0.3, -0.25) is 4.79 Å². The van der Waals surface area contributed by atoms with Crippen LogP contribution in [0.5, 0.6) is 0 Å². The van der Waals surface area contributed by atoms with Crippen molar-refractivity contribution in [3.05, 3.63) is 35.4 Å². The lowest BCUT2D eigenvalue weighted by Gasteiger charge is -2.65. The van der Waals surface area contributed by atoms with Crippen molar-refractivity contribution in [2.45, 2.75) is 77.7 Å². The maximum absolute atomic E-state index is 12.9. The zero-order valence-electron chi connectivity index (χ0n) is 15.6. The number of hydrogen-bond donors (Lipinski definition) is 1. The van der Waals surface area contributed by atoms with E-state index in [2.05, 4.69) is 45.1 Å². The van der Waals surface area contributed by atoms with E-state index < -0.39 is 0 Å². The monoisotopic (exact) mass is 325 g/mol. The van der Waals surface area contributed by atoms with E-state index in [0.29, 0.717) is 16.7 Å². The minimum absolute atomic E-state index is 0.0384. The molecule has 4 saturated carbocycles. The zero-order valence-corrected chi connectivity index (χ0v) is 15.6. The number of carbonyl (C=O) groups excluding carboxylic acids is 1. The van der Waals surface area contributed by atoms with Gasteiger partial charge < -0.3 is 5.32 Å². The predicted molar refractivity (Wildman–Crippen MR) is 98.1 cm³/mol. The summed E-state index contributed by atoms with van der Waals surface area (Å²) in [4.78, 5) is 12.9. The zero-order chi connectivity index (χ0) is 17.2. The summed E-state index contributed by atoms with van der Waals surface area (Å²) in [7, 11) is 0. The van der Waals surface area contributed by atoms with Gasteiger partial charge in [0.15, 0.2) is 0 Å². The molecule has 24 heavy (non-hydrogen) atoms. The van der Waals surface area contributed by atoms with Gasteiger partial charge in [0, 0.05) is 11.1 Å². The van der Waals surface area contributed by atoms with Crippen molar-refractivity contribution < 1.29 is 4.79 Å². The van der Waals surface area contributed by atoms with Crippen LogP contribution in [0, 0.1) is 16.7 Å². The minimum Gasteiger partial charge on any atom is -0.347 e. The maximum Gasteiger partial charge on any atom is 0.251 e. The molecule has 4 aliphatic carbocycles. The average Bonchev–Trinajstić information content (AvgIpc) is 2.42. The molecule has 0 radical (unpaired) electrons. The van der Waals surface area contributed by atoms with Crippen LogP contribution in [0.4, 0.5) is 0 Å². The maximum atomic E-state index is 12.9. The molecule has 4 aliphatic rings. The van der Waals surface area contributed by atoms with Crippen LogP contribution in [-0.2, 0) is 0 Å². The molecule has 1 aromatic rings. The molecule has 1 N–H and O–H groups in total. The Labute approximate surface area is 146 Å². The van der Waals surface area contributed by atoms with Gasteiger partial charge in [-0.25, -0.2) is 0 Å². The van der Waals surface area contributed by atoms with Gasteiger partial charge in [-0.2, -0.15) is 0 Å². The Hall–Kier alpha value is -1.31. The van der Waals surface area contributed by atoms with Gasteiger partial charge in [-0.1, -0.05) is 39.8 Å². The summed E-state index contributed by atoms with van der Waals surface area (Å²) in [6.07, 6.45) is 7.60. The van der Waals surface area contributed by atoms with E-state index in [1.54, 1.807) is 0 Å². The molecule has 130 valence electrons. The fraction of sp³-hybridized carbons (Fsp3) is 0.682. The second-order valence-corrected chi connectivity index (χ2v) is 10.1. The molecule has 2 heteroatoms. The van der Waals surface area contributed by atoms with E-state index in [1.165, 1.54) is 44.1 Å². The molecular weight excluding hydrogens is 294 g/mol. The number of carbonyl (C=O) groups is 1. The van der Waals surface area contributed by atoms with E-state index in [4.69, 9.17) is 0 Å². The van der Waals surface area contributed by atoms with Crippen LogP contribution >= 0.6 is 0 Å². The van der Waals surface area contributed by atoms with E-state index in [1.807, 2.05) is 12.1 Å². The first-order valence-corrected chi connectivity index (χ1v) is 9.63. The van der Waals surface area contributed by atoms with E-state index in [0.717, 1.165) is 11.5 Å². The lowest BCUT2D eigenvalue weighted by molar-refractivity contribution is -0.114. The number of amides is 1. The number of hydrogen-bond acceptors (Lipinski definition) is 1. The van der Waals surface area contributed by atoms with Crippen LogP contribution in [0.3, 0.4) is 0 Å². The third kappa shape index (κ3) is 2.68. The van der Waals surface area contributed by atoms with Gasteiger partial charge in [0.1, 0.15) is 0 Å². The lowest BCUT2D eigenvalue weighted by atomic mass is 9.43. The van der Waals surface area contributed by atoms with Gasteiger partial charge in [0.05, 0.1) is 0 Å². The summed E-state index contributed by atoms with van der Waals surface area (Å²) < 4.78 is 0. The van der Waals surface area contributed by atoms with Gasteiger partial charge in [0.2, 0.25) is 0 Å². The molecule has 0 aromatic heterocycles. The molecule has 1 aromatic carbocycles. The fourth-order valence-corrected chi connectivity index (χ4v) is 6.92. The molecule has 4 fully saturated rings. The van der Waals surface area contributed by atoms with E-state index in [-0.39, 0.29) is 11.4 Å². The van der Waals surface area contributed by atoms with Crippen LogP contribution in [0.1, 0.15) is 88.1 Å². The highest BCUT2D eigenvalue weighted by Crippen LogP contribution is 2.66. The Bertz CT molecular complexity index is 641. The lowest BCUT2D eigenvalue weighted by Crippen LogP contribution is -2.65. The van der Waals surface area contributed by atoms with Gasteiger partial charge in [-0.15, -0.1) is 0 Å². The molecule has 2 unspecified atom stereocenters. The van der Waals surface area contributed by atoms with Crippen LogP contribution in [0.15, 0.2) is 24.3 Å². The Morgan fingerprint density at radius 1 is 1.00 bits per heavy atom. The van der Waals surface area contributed by atoms with E-state index in [9.17, 15) is 4.79 Å². The van der Waals surface area contributed by atoms with Gasteiger partial charge in [-0.05, 0) is 78.9 Å². The predicted octanol–water partition coefficient (Wildman–Crippen LogP) is 5.29. The van der Waals surface area contributed by atoms with Crippen molar-refractivity contribution in [1.82, 2.24) is 5.32 Å². The quantitative estimate of drug-likeness (QED) is 0.804. The Morgan fingerprint density at radius 3 is 2.08 bits per heavy atom. The fourth-order valence-electron chi connectivity index (χ4n) is 6.92. The highest BCUT2D eigenvalue weighted by Gasteiger charge is 2.60. The minimum atomic E-state index is 0.0384. The average molecular weight is 325 g/mol. The van der Waals surface area contributed by atoms with Gasteiger partial charge in [0.25, 0.3) is 5.91 Å². The van der Waals surface area contributed by atoms with Crippen molar-refractivity contribution in [2.24, 2.45) is 16.7 Å². The summed E-state index contributed by atoms with van der Waals surface area (Å²) >= 11 is 0. The second-order valence-electron chi connectivity index (χ2n) is 10.1. The summed E-state index contributed by atoms with van der Waals surface area (Å²) in [6.45, 7) is 9.28. The van der Waals surface area contributed by atoms with Gasteiger partial charge >= 0.3 is 0 Å². The summed E-state index contributed by atoms with van der Waals surface area (Å²) in [5.74, 6) is 1.43. The third-order valence-electron chi connectivity index (χ3n) is 6.84. The SMILES string of the molecule is CC(C)c1ccc(C(=O)NC23CC4CC(C)(CC(C)(C4)C2)C3)cc1. The topological polar surface area (TPSA) is 29.1 Å². The van der Waals surface area contributed by atoms with Crippen molar-refractivity contribution in [3.8, 4) is 0 Å². The molecule has 1 amide bonds. The standard InChI is InChI=1S/C22H31NO/c1-15(2)17-5-7-18(8-6-17)19(24)23-22-11-16-9-20(3,13-22)12-21(4,10-16)14-22/h5-8,15-16H,9-14H2,1-4H3,(H,23,24). The second kappa shape index (κ2) is 5.09. The molecule has 2 nitrogen and oxygen atoms in total. The van der Waals surface area contributed by atoms with Crippen LogP contribution < -0.4 is 5.32 Å². The first-order chi connectivity index (χ1) is 11.2. The summed E-state index contributed by atoms with van der Waals surface area (Å²) in [5.41, 5.74) is 3.01. The highest BCUT2D eigenvalue weighted by atomic mass is 16.1. The number of nitrogens with one attached hydrogen (secondary N) is 1. The Kier molecular flexibility index (Phi) is 3.43. The first kappa shape index (κ1) is 16.2. The number of rotatable bonds is 3. The van der Waals surface area contributed by atoms with Crippen molar-refractivity contribution in [1.29, 1.82) is 0 Å². The normalized spacial score (nSPS) is 40.1. The van der Waals surface area contributed by atoms with Crippen molar-refractivity contribution in [3.63, 3.8) is 0 Å². The molecule has 0 saturated heterocycles. The van der Waals surface area contributed by atoms with Crippen molar-refractivity contribution >= 4 is 5.91 Å². The van der Waals surface area contributed by atoms with E-state index >= 15 is 0 Å². The Morgan fingerprint density at radius 2 is 1.58 bits per heavy atom. The van der Waals surface area contributed by atoms with Crippen LogP contribution in [0.2, 0.25) is 0 Å². The number of benzene rings is 1. The molecule has 0 heterocycles. The largest absolute Gasteiger partial charge is 0.347 e. The molecule has 2 atom stereocenters. The molecule has 4 bridgehead atoms. The summed E-state index contributed by atoms with van der Waals surface area (Å²) in [5, 5.41) is 3.50. The van der Waals surface area contributed by atoms with Crippen LogP contribution in [0.25, 0.3) is 0 Å². The summed E-state index contributed by atoms with van der Waals surface area (Å²) in [6, 6.07) is 8.19. The highest BCUT2D eigenvalue weighted by molar-refractivity contribution is 5.94.